The molecule has 13 heavy (non-hydrogen) atoms. The first-order valence-electron chi connectivity index (χ1n) is 4.35. The number of hydrogen-bond acceptors (Lipinski definition) is 2. The molecule has 0 amide bonds. The molecular formula is C10H14INO. The van der Waals surface area contributed by atoms with Gasteiger partial charge in [-0.15, -0.1) is 0 Å². The first kappa shape index (κ1) is 10.9. The zero-order chi connectivity index (χ0) is 9.84. The number of halogens is 1. The van der Waals surface area contributed by atoms with E-state index in [2.05, 4.69) is 22.6 Å². The van der Waals surface area contributed by atoms with Crippen LogP contribution in [0.15, 0.2) is 24.3 Å². The minimum atomic E-state index is -0.448. The summed E-state index contributed by atoms with van der Waals surface area (Å²) in [4.78, 5) is 0. The molecule has 0 saturated carbocycles. The van der Waals surface area contributed by atoms with Crippen LogP contribution in [-0.4, -0.2) is 11.2 Å². The molecule has 0 bridgehead atoms. The summed E-state index contributed by atoms with van der Waals surface area (Å²) in [6, 6.07) is 7.61. The molecule has 0 radical (unpaired) electrons. The van der Waals surface area contributed by atoms with E-state index < -0.39 is 6.10 Å². The predicted molar refractivity (Wildman–Crippen MR) is 62.4 cm³/mol. The highest BCUT2D eigenvalue weighted by Crippen LogP contribution is 2.21. The molecule has 0 spiro atoms. The van der Waals surface area contributed by atoms with Crippen LogP contribution in [0.1, 0.15) is 24.9 Å². The number of benzene rings is 1. The first-order valence-corrected chi connectivity index (χ1v) is 5.42. The van der Waals surface area contributed by atoms with E-state index in [0.717, 1.165) is 9.13 Å². The Morgan fingerprint density at radius 1 is 1.46 bits per heavy atom. The molecule has 0 aromatic heterocycles. The Morgan fingerprint density at radius 2 is 2.08 bits per heavy atom. The van der Waals surface area contributed by atoms with Crippen LogP contribution >= 0.6 is 22.6 Å². The maximum Gasteiger partial charge on any atom is 0.0730 e. The Kier molecular flexibility index (Phi) is 4.15. The first-order chi connectivity index (χ1) is 6.16. The lowest BCUT2D eigenvalue weighted by atomic mass is 10.0. The molecule has 2 atom stereocenters. The van der Waals surface area contributed by atoms with Gasteiger partial charge in [-0.25, -0.2) is 0 Å². The van der Waals surface area contributed by atoms with Crippen molar-refractivity contribution in [2.24, 2.45) is 5.73 Å². The minimum absolute atomic E-state index is 0.266. The van der Waals surface area contributed by atoms with Crippen molar-refractivity contribution in [1.29, 1.82) is 0 Å². The number of aliphatic hydroxyl groups is 1. The Hall–Kier alpha value is -0.130. The summed E-state index contributed by atoms with van der Waals surface area (Å²) in [5.74, 6) is 0. The third-order valence-corrected chi connectivity index (χ3v) is 3.08. The van der Waals surface area contributed by atoms with Crippen molar-refractivity contribution in [3.63, 3.8) is 0 Å². The molecule has 1 rings (SSSR count). The van der Waals surface area contributed by atoms with Gasteiger partial charge in [0.05, 0.1) is 12.1 Å². The lowest BCUT2D eigenvalue weighted by Gasteiger charge is -2.18. The summed E-state index contributed by atoms with van der Waals surface area (Å²) in [6.45, 7) is 1.93. The summed E-state index contributed by atoms with van der Waals surface area (Å²) < 4.78 is 1.11. The molecule has 0 aliphatic heterocycles. The smallest absolute Gasteiger partial charge is 0.0730 e. The zero-order valence-corrected chi connectivity index (χ0v) is 9.73. The Bertz CT molecular complexity index is 277. The van der Waals surface area contributed by atoms with Crippen molar-refractivity contribution in [3.8, 4) is 0 Å². The molecule has 0 heterocycles. The van der Waals surface area contributed by atoms with Gasteiger partial charge in [-0.1, -0.05) is 25.1 Å². The van der Waals surface area contributed by atoms with E-state index in [4.69, 9.17) is 5.73 Å². The fraction of sp³-hybridized carbons (Fsp3) is 0.400. The fourth-order valence-corrected chi connectivity index (χ4v) is 1.95. The van der Waals surface area contributed by atoms with Crippen LogP contribution in [0, 0.1) is 3.57 Å². The van der Waals surface area contributed by atoms with Crippen molar-refractivity contribution < 1.29 is 5.11 Å². The lowest BCUT2D eigenvalue weighted by Crippen LogP contribution is -2.26. The molecule has 3 heteroatoms. The summed E-state index contributed by atoms with van der Waals surface area (Å²) in [5.41, 5.74) is 6.92. The van der Waals surface area contributed by atoms with Gasteiger partial charge in [0.25, 0.3) is 0 Å². The lowest BCUT2D eigenvalue weighted by molar-refractivity contribution is 0.140. The number of nitrogens with two attached hydrogens (primary N) is 1. The van der Waals surface area contributed by atoms with Gasteiger partial charge in [-0.05, 0) is 40.6 Å². The summed E-state index contributed by atoms with van der Waals surface area (Å²) in [5, 5.41) is 9.58. The molecule has 3 N–H and O–H groups in total. The second kappa shape index (κ2) is 4.93. The molecule has 1 aromatic carbocycles. The van der Waals surface area contributed by atoms with Gasteiger partial charge in [-0.2, -0.15) is 0 Å². The number of aliphatic hydroxyl groups excluding tert-OH is 1. The molecular weight excluding hydrogens is 277 g/mol. The molecule has 1 aromatic rings. The van der Waals surface area contributed by atoms with Crippen LogP contribution in [-0.2, 0) is 0 Å². The normalized spacial score (nSPS) is 15.4. The van der Waals surface area contributed by atoms with Gasteiger partial charge in [-0.3, -0.25) is 0 Å². The topological polar surface area (TPSA) is 46.2 Å². The number of rotatable bonds is 3. The Balaban J connectivity index is 2.88. The minimum Gasteiger partial charge on any atom is -0.391 e. The predicted octanol–water partition coefficient (Wildman–Crippen LogP) is 2.06. The van der Waals surface area contributed by atoms with Crippen molar-refractivity contribution in [2.75, 3.05) is 0 Å². The molecule has 0 aliphatic carbocycles. The standard InChI is InChI=1S/C10H14INO/c1-2-9(13)10(12)7-5-3-4-6-8(7)11/h3-6,9-10,13H,2,12H2,1H3/t9-,10+/m0/s1. The highest BCUT2D eigenvalue weighted by Gasteiger charge is 2.16. The summed E-state index contributed by atoms with van der Waals surface area (Å²) >= 11 is 2.23. The van der Waals surface area contributed by atoms with E-state index in [9.17, 15) is 5.11 Å². The van der Waals surface area contributed by atoms with E-state index in [0.29, 0.717) is 6.42 Å². The van der Waals surface area contributed by atoms with Crippen LogP contribution in [0.25, 0.3) is 0 Å². The Morgan fingerprint density at radius 3 is 2.62 bits per heavy atom. The van der Waals surface area contributed by atoms with Gasteiger partial charge in [0, 0.05) is 3.57 Å². The molecule has 0 saturated heterocycles. The quantitative estimate of drug-likeness (QED) is 0.837. The monoisotopic (exact) mass is 291 g/mol. The van der Waals surface area contributed by atoms with Gasteiger partial charge in [0.2, 0.25) is 0 Å². The summed E-state index contributed by atoms with van der Waals surface area (Å²) in [7, 11) is 0. The fourth-order valence-electron chi connectivity index (χ4n) is 1.21. The van der Waals surface area contributed by atoms with E-state index >= 15 is 0 Å². The van der Waals surface area contributed by atoms with Crippen molar-refractivity contribution in [3.05, 3.63) is 33.4 Å². The Labute approximate surface area is 92.3 Å². The molecule has 0 aliphatic rings. The van der Waals surface area contributed by atoms with E-state index in [1.54, 1.807) is 0 Å². The molecule has 2 nitrogen and oxygen atoms in total. The average Bonchev–Trinajstić information content (AvgIpc) is 2.16. The van der Waals surface area contributed by atoms with E-state index in [-0.39, 0.29) is 6.04 Å². The SMILES string of the molecule is CC[C@H](O)[C@H](N)c1ccccc1I. The molecule has 72 valence electrons. The maximum absolute atomic E-state index is 9.58. The van der Waals surface area contributed by atoms with Crippen LogP contribution in [0.2, 0.25) is 0 Å². The zero-order valence-electron chi connectivity index (χ0n) is 7.57. The van der Waals surface area contributed by atoms with Crippen LogP contribution in [0.4, 0.5) is 0 Å². The summed E-state index contributed by atoms with van der Waals surface area (Å²) in [6.07, 6.45) is 0.238. The largest absolute Gasteiger partial charge is 0.391 e. The molecule has 0 unspecified atom stereocenters. The van der Waals surface area contributed by atoms with Crippen molar-refractivity contribution in [2.45, 2.75) is 25.5 Å². The number of hydrogen-bond donors (Lipinski definition) is 2. The van der Waals surface area contributed by atoms with Gasteiger partial charge in [0.15, 0.2) is 0 Å². The highest BCUT2D eigenvalue weighted by molar-refractivity contribution is 14.1. The van der Waals surface area contributed by atoms with Crippen molar-refractivity contribution in [1.82, 2.24) is 0 Å². The van der Waals surface area contributed by atoms with Crippen molar-refractivity contribution >= 4 is 22.6 Å². The van der Waals surface area contributed by atoms with E-state index in [1.807, 2.05) is 31.2 Å². The van der Waals surface area contributed by atoms with E-state index in [1.165, 1.54) is 0 Å². The van der Waals surface area contributed by atoms with Crippen LogP contribution < -0.4 is 5.73 Å². The molecule has 0 fully saturated rings. The van der Waals surface area contributed by atoms with Gasteiger partial charge in [0.1, 0.15) is 0 Å². The average molecular weight is 291 g/mol. The maximum atomic E-state index is 9.58. The second-order valence-corrected chi connectivity index (χ2v) is 4.19. The second-order valence-electron chi connectivity index (χ2n) is 3.02. The van der Waals surface area contributed by atoms with Crippen LogP contribution in [0.3, 0.4) is 0 Å². The van der Waals surface area contributed by atoms with Gasteiger partial charge < -0.3 is 10.8 Å². The van der Waals surface area contributed by atoms with Gasteiger partial charge >= 0.3 is 0 Å². The third-order valence-electron chi connectivity index (χ3n) is 2.10. The third kappa shape index (κ3) is 2.65. The highest BCUT2D eigenvalue weighted by atomic mass is 127. The van der Waals surface area contributed by atoms with Crippen LogP contribution in [0.5, 0.6) is 0 Å².